The third-order valence-corrected chi connectivity index (χ3v) is 2.28. The zero-order valence-electron chi connectivity index (χ0n) is 7.99. The Hall–Kier alpha value is -1.11. The second-order valence-electron chi connectivity index (χ2n) is 3.25. The molecule has 0 amide bonds. The Kier molecular flexibility index (Phi) is 4.24. The normalized spacial score (nSPS) is 12.4. The zero-order valence-corrected chi connectivity index (χ0v) is 7.99. The summed E-state index contributed by atoms with van der Waals surface area (Å²) in [6.45, 7) is 2.03. The quantitative estimate of drug-likeness (QED) is 0.672. The fraction of sp³-hybridized carbons (Fsp3) is 0.417. The first kappa shape index (κ1) is 9.97. The molecule has 1 nitrogen and oxygen atoms in total. The van der Waals surface area contributed by atoms with Crippen molar-refractivity contribution in [2.45, 2.75) is 26.2 Å². The van der Waals surface area contributed by atoms with Crippen molar-refractivity contribution >= 4 is 6.29 Å². The van der Waals surface area contributed by atoms with Gasteiger partial charge in [-0.05, 0) is 24.8 Å². The molecule has 0 saturated carbocycles. The maximum atomic E-state index is 10.4. The van der Waals surface area contributed by atoms with Crippen LogP contribution in [0.4, 0.5) is 0 Å². The Morgan fingerprint density at radius 3 is 2.54 bits per heavy atom. The first-order valence-corrected chi connectivity index (χ1v) is 4.78. The highest BCUT2D eigenvalue weighted by Gasteiger charge is 2.04. The van der Waals surface area contributed by atoms with Crippen LogP contribution in [0.2, 0.25) is 0 Å². The van der Waals surface area contributed by atoms with E-state index in [4.69, 9.17) is 0 Å². The molecule has 0 fully saturated rings. The molecular formula is C12H15O. The van der Waals surface area contributed by atoms with E-state index in [1.54, 1.807) is 0 Å². The van der Waals surface area contributed by atoms with Crippen molar-refractivity contribution in [2.24, 2.45) is 5.92 Å². The van der Waals surface area contributed by atoms with Crippen LogP contribution in [-0.4, -0.2) is 6.29 Å². The minimum Gasteiger partial charge on any atom is -0.291 e. The van der Waals surface area contributed by atoms with Crippen molar-refractivity contribution in [1.29, 1.82) is 0 Å². The largest absolute Gasteiger partial charge is 0.291 e. The second kappa shape index (κ2) is 5.52. The molecule has 0 aliphatic heterocycles. The maximum absolute atomic E-state index is 10.4. The molecule has 69 valence electrons. The van der Waals surface area contributed by atoms with Crippen LogP contribution >= 0.6 is 0 Å². The molecular weight excluding hydrogens is 160 g/mol. The fourth-order valence-electron chi connectivity index (χ4n) is 1.33. The molecule has 1 radical (unpaired) electrons. The van der Waals surface area contributed by atoms with Gasteiger partial charge in [0.1, 0.15) is 0 Å². The summed E-state index contributed by atoms with van der Waals surface area (Å²) in [7, 11) is 0. The van der Waals surface area contributed by atoms with Gasteiger partial charge < -0.3 is 0 Å². The molecule has 0 heterocycles. The lowest BCUT2D eigenvalue weighted by atomic mass is 9.99. The summed E-state index contributed by atoms with van der Waals surface area (Å²) in [6, 6.07) is 10.3. The number of aryl methyl sites for hydroxylation is 1. The monoisotopic (exact) mass is 175 g/mol. The average molecular weight is 175 g/mol. The molecule has 0 bridgehead atoms. The van der Waals surface area contributed by atoms with Crippen LogP contribution in [0.15, 0.2) is 30.3 Å². The smallest absolute Gasteiger partial charge is 0.201 e. The lowest BCUT2D eigenvalue weighted by Crippen LogP contribution is -2.01. The van der Waals surface area contributed by atoms with E-state index in [0.717, 1.165) is 19.3 Å². The van der Waals surface area contributed by atoms with Crippen molar-refractivity contribution in [1.82, 2.24) is 0 Å². The Morgan fingerprint density at radius 2 is 2.00 bits per heavy atom. The summed E-state index contributed by atoms with van der Waals surface area (Å²) in [4.78, 5) is 10.4. The highest BCUT2D eigenvalue weighted by Crippen LogP contribution is 2.10. The zero-order chi connectivity index (χ0) is 9.52. The molecule has 1 aromatic carbocycles. The van der Waals surface area contributed by atoms with Crippen LogP contribution < -0.4 is 0 Å². The van der Waals surface area contributed by atoms with E-state index >= 15 is 0 Å². The number of hydrogen-bond acceptors (Lipinski definition) is 1. The molecule has 1 aromatic rings. The molecule has 1 heteroatoms. The number of rotatable bonds is 5. The van der Waals surface area contributed by atoms with Gasteiger partial charge in [-0.3, -0.25) is 4.79 Å². The number of hydrogen-bond donors (Lipinski definition) is 0. The van der Waals surface area contributed by atoms with Gasteiger partial charge in [-0.2, -0.15) is 0 Å². The Bertz CT molecular complexity index is 241. The maximum Gasteiger partial charge on any atom is 0.201 e. The minimum atomic E-state index is 0.111. The number of carbonyl (C=O) groups excluding carboxylic acids is 1. The van der Waals surface area contributed by atoms with Gasteiger partial charge in [-0.25, -0.2) is 0 Å². The molecule has 1 atom stereocenters. The molecule has 1 rings (SSSR count). The third-order valence-electron chi connectivity index (χ3n) is 2.28. The van der Waals surface area contributed by atoms with Gasteiger partial charge in [0, 0.05) is 5.92 Å². The molecule has 0 spiro atoms. The van der Waals surface area contributed by atoms with Crippen molar-refractivity contribution < 1.29 is 4.79 Å². The first-order valence-electron chi connectivity index (χ1n) is 4.78. The second-order valence-corrected chi connectivity index (χ2v) is 3.25. The van der Waals surface area contributed by atoms with Crippen LogP contribution in [0.5, 0.6) is 0 Å². The summed E-state index contributed by atoms with van der Waals surface area (Å²) >= 11 is 0. The standard InChI is InChI=1S/C12H15O/c1-2-11(10-13)8-9-12-6-4-3-5-7-12/h3-7,11H,2,8-9H2,1H3. The van der Waals surface area contributed by atoms with Gasteiger partial charge >= 0.3 is 0 Å². The molecule has 13 heavy (non-hydrogen) atoms. The minimum absolute atomic E-state index is 0.111. The topological polar surface area (TPSA) is 17.1 Å². The van der Waals surface area contributed by atoms with Crippen LogP contribution in [-0.2, 0) is 11.2 Å². The summed E-state index contributed by atoms with van der Waals surface area (Å²) in [5.41, 5.74) is 1.30. The molecule has 0 N–H and O–H groups in total. The Morgan fingerprint density at radius 1 is 1.31 bits per heavy atom. The van der Waals surface area contributed by atoms with Crippen molar-refractivity contribution in [3.63, 3.8) is 0 Å². The van der Waals surface area contributed by atoms with E-state index in [0.29, 0.717) is 0 Å². The van der Waals surface area contributed by atoms with Gasteiger partial charge in [0.15, 0.2) is 0 Å². The van der Waals surface area contributed by atoms with Crippen LogP contribution in [0.3, 0.4) is 0 Å². The van der Waals surface area contributed by atoms with E-state index in [-0.39, 0.29) is 5.92 Å². The lowest BCUT2D eigenvalue weighted by molar-refractivity contribution is 0.499. The highest BCUT2D eigenvalue weighted by molar-refractivity contribution is 5.54. The van der Waals surface area contributed by atoms with E-state index in [2.05, 4.69) is 18.4 Å². The van der Waals surface area contributed by atoms with E-state index in [1.165, 1.54) is 5.56 Å². The van der Waals surface area contributed by atoms with Crippen molar-refractivity contribution in [2.75, 3.05) is 0 Å². The predicted octanol–water partition coefficient (Wildman–Crippen LogP) is 2.76. The van der Waals surface area contributed by atoms with Crippen LogP contribution in [0, 0.1) is 5.92 Å². The SMILES string of the molecule is CCC([C]=O)CCc1ccccc1. The molecule has 0 aliphatic carbocycles. The van der Waals surface area contributed by atoms with Crippen LogP contribution in [0.1, 0.15) is 25.3 Å². The third kappa shape index (κ3) is 3.41. The van der Waals surface area contributed by atoms with Gasteiger partial charge in [-0.1, -0.05) is 37.3 Å². The molecule has 0 aromatic heterocycles. The predicted molar refractivity (Wildman–Crippen MR) is 54.2 cm³/mol. The van der Waals surface area contributed by atoms with Crippen molar-refractivity contribution in [3.8, 4) is 0 Å². The van der Waals surface area contributed by atoms with E-state index in [9.17, 15) is 4.79 Å². The fourth-order valence-corrected chi connectivity index (χ4v) is 1.33. The highest BCUT2D eigenvalue weighted by atomic mass is 16.1. The molecule has 0 aliphatic rings. The van der Waals surface area contributed by atoms with Gasteiger partial charge in [0.2, 0.25) is 6.29 Å². The molecule has 1 unspecified atom stereocenters. The van der Waals surface area contributed by atoms with Gasteiger partial charge in [-0.15, -0.1) is 0 Å². The summed E-state index contributed by atoms with van der Waals surface area (Å²) in [6.07, 6.45) is 4.87. The lowest BCUT2D eigenvalue weighted by Gasteiger charge is -2.05. The van der Waals surface area contributed by atoms with Crippen LogP contribution in [0.25, 0.3) is 0 Å². The molecule has 0 saturated heterocycles. The Balaban J connectivity index is 2.38. The van der Waals surface area contributed by atoms with Gasteiger partial charge in [0.05, 0.1) is 0 Å². The Labute approximate surface area is 79.8 Å². The number of benzene rings is 1. The van der Waals surface area contributed by atoms with Gasteiger partial charge in [0.25, 0.3) is 0 Å². The average Bonchev–Trinajstić information content (AvgIpc) is 2.21. The summed E-state index contributed by atoms with van der Waals surface area (Å²) < 4.78 is 0. The van der Waals surface area contributed by atoms with Crippen molar-refractivity contribution in [3.05, 3.63) is 35.9 Å². The summed E-state index contributed by atoms with van der Waals surface area (Å²) in [5.74, 6) is 0.111. The van der Waals surface area contributed by atoms with E-state index < -0.39 is 0 Å². The van der Waals surface area contributed by atoms with E-state index in [1.807, 2.05) is 25.1 Å². The first-order chi connectivity index (χ1) is 6.36. The summed E-state index contributed by atoms with van der Waals surface area (Å²) in [5, 5.41) is 0.